The lowest BCUT2D eigenvalue weighted by Gasteiger charge is -2.06. The van der Waals surface area contributed by atoms with Crippen LogP contribution in [0.1, 0.15) is 24.2 Å². The molecule has 0 aliphatic rings. The smallest absolute Gasteiger partial charge is 0.224 e. The first-order valence-electron chi connectivity index (χ1n) is 6.87. The minimum atomic E-state index is -0.0221. The maximum Gasteiger partial charge on any atom is 0.224 e. The highest BCUT2D eigenvalue weighted by molar-refractivity contribution is 5.90. The Morgan fingerprint density at radius 3 is 2.62 bits per heavy atom. The number of nitrogens with one attached hydrogen (secondary N) is 2. The summed E-state index contributed by atoms with van der Waals surface area (Å²) >= 11 is 0. The molecule has 0 unspecified atom stereocenters. The Morgan fingerprint density at radius 2 is 2.00 bits per heavy atom. The minimum Gasteiger partial charge on any atom is -0.354 e. The molecule has 2 rings (SSSR count). The highest BCUT2D eigenvalue weighted by Crippen LogP contribution is 2.06. The van der Waals surface area contributed by atoms with E-state index in [-0.39, 0.29) is 5.91 Å². The summed E-state index contributed by atoms with van der Waals surface area (Å²) in [6.07, 6.45) is 4.54. The van der Waals surface area contributed by atoms with E-state index in [9.17, 15) is 4.79 Å². The van der Waals surface area contributed by atoms with Crippen LogP contribution in [0.5, 0.6) is 0 Å². The zero-order chi connectivity index (χ0) is 15.2. The zero-order valence-electron chi connectivity index (χ0n) is 12.6. The van der Waals surface area contributed by atoms with Crippen molar-refractivity contribution < 1.29 is 4.79 Å². The number of carbonyl (C=O) groups excluding carboxylic acids is 1. The van der Waals surface area contributed by atoms with Gasteiger partial charge in [0.25, 0.3) is 0 Å². The van der Waals surface area contributed by atoms with E-state index >= 15 is 0 Å². The lowest BCUT2D eigenvalue weighted by atomic mass is 10.3. The molecule has 0 atom stereocenters. The van der Waals surface area contributed by atoms with Gasteiger partial charge in [-0.1, -0.05) is 0 Å². The van der Waals surface area contributed by atoms with E-state index in [0.717, 1.165) is 11.4 Å². The molecule has 0 bridgehead atoms. The van der Waals surface area contributed by atoms with Crippen molar-refractivity contribution in [3.05, 3.63) is 29.8 Å². The number of amides is 1. The number of nitrogens with zero attached hydrogens (tertiary/aromatic N) is 4. The molecule has 0 spiro atoms. The average Bonchev–Trinajstić information content (AvgIpc) is 2.79. The average molecular weight is 288 g/mol. The topological polar surface area (TPSA) is 84.7 Å². The summed E-state index contributed by atoms with van der Waals surface area (Å²) in [5.74, 6) is 0.589. The molecule has 21 heavy (non-hydrogen) atoms. The van der Waals surface area contributed by atoms with Crippen molar-refractivity contribution >= 4 is 17.5 Å². The zero-order valence-corrected chi connectivity index (χ0v) is 12.6. The molecule has 0 aliphatic heterocycles. The first-order valence-corrected chi connectivity index (χ1v) is 6.87. The summed E-state index contributed by atoms with van der Waals surface area (Å²) in [7, 11) is 1.81. The monoisotopic (exact) mass is 288 g/mol. The molecule has 0 saturated heterocycles. The van der Waals surface area contributed by atoms with Crippen LogP contribution in [0.3, 0.4) is 0 Å². The second-order valence-electron chi connectivity index (χ2n) is 4.96. The van der Waals surface area contributed by atoms with Crippen molar-refractivity contribution in [3.63, 3.8) is 0 Å². The number of hydrogen-bond donors (Lipinski definition) is 2. The number of hydrogen-bond acceptors (Lipinski definition) is 5. The van der Waals surface area contributed by atoms with E-state index in [1.807, 2.05) is 27.0 Å². The van der Waals surface area contributed by atoms with Gasteiger partial charge in [-0.2, -0.15) is 5.10 Å². The predicted molar refractivity (Wildman–Crippen MR) is 81.1 cm³/mol. The van der Waals surface area contributed by atoms with Crippen LogP contribution < -0.4 is 10.6 Å². The van der Waals surface area contributed by atoms with Crippen LogP contribution in [-0.4, -0.2) is 32.2 Å². The number of carbonyl (C=O) groups is 1. The maximum atomic E-state index is 11.7. The molecule has 112 valence electrons. The lowest BCUT2D eigenvalue weighted by Crippen LogP contribution is -2.14. The van der Waals surface area contributed by atoms with Crippen molar-refractivity contribution in [2.45, 2.75) is 26.7 Å². The molecule has 2 aromatic heterocycles. The third-order valence-electron chi connectivity index (χ3n) is 2.83. The van der Waals surface area contributed by atoms with Gasteiger partial charge in [0.15, 0.2) is 0 Å². The van der Waals surface area contributed by atoms with Gasteiger partial charge in [0.2, 0.25) is 11.9 Å². The molecule has 0 aromatic carbocycles. The van der Waals surface area contributed by atoms with Crippen LogP contribution in [0.15, 0.2) is 18.5 Å². The third-order valence-corrected chi connectivity index (χ3v) is 2.83. The number of aromatic nitrogens is 4. The van der Waals surface area contributed by atoms with E-state index in [1.165, 1.54) is 0 Å². The predicted octanol–water partition coefficient (Wildman–Crippen LogP) is 1.66. The molecule has 2 aromatic rings. The molecule has 7 nitrogen and oxygen atoms in total. The SMILES string of the molecule is Cc1cc(C)nc(NCCCC(=O)Nc2cnn(C)c2)n1. The molecule has 7 heteroatoms. The van der Waals surface area contributed by atoms with Crippen LogP contribution in [0.4, 0.5) is 11.6 Å². The Hall–Kier alpha value is -2.44. The number of rotatable bonds is 6. The second kappa shape index (κ2) is 6.83. The van der Waals surface area contributed by atoms with Gasteiger partial charge < -0.3 is 10.6 Å². The van der Waals surface area contributed by atoms with Gasteiger partial charge >= 0.3 is 0 Å². The molecular weight excluding hydrogens is 268 g/mol. The molecular formula is C14H20N6O. The molecule has 2 heterocycles. The van der Waals surface area contributed by atoms with E-state index < -0.39 is 0 Å². The van der Waals surface area contributed by atoms with Gasteiger partial charge in [0.1, 0.15) is 0 Å². The van der Waals surface area contributed by atoms with Crippen molar-refractivity contribution in [1.29, 1.82) is 0 Å². The Morgan fingerprint density at radius 1 is 1.29 bits per heavy atom. The van der Waals surface area contributed by atoms with Gasteiger partial charge in [0, 0.05) is 37.6 Å². The lowest BCUT2D eigenvalue weighted by molar-refractivity contribution is -0.116. The third kappa shape index (κ3) is 4.87. The van der Waals surface area contributed by atoms with E-state index in [0.29, 0.717) is 31.0 Å². The van der Waals surface area contributed by atoms with Crippen LogP contribution in [0.25, 0.3) is 0 Å². The van der Waals surface area contributed by atoms with Crippen molar-refractivity contribution in [2.24, 2.45) is 7.05 Å². The highest BCUT2D eigenvalue weighted by atomic mass is 16.1. The fourth-order valence-electron chi connectivity index (χ4n) is 1.96. The fourth-order valence-corrected chi connectivity index (χ4v) is 1.96. The molecule has 0 radical (unpaired) electrons. The Balaban J connectivity index is 1.70. The van der Waals surface area contributed by atoms with Crippen molar-refractivity contribution in [2.75, 3.05) is 17.2 Å². The van der Waals surface area contributed by atoms with Crippen molar-refractivity contribution in [3.8, 4) is 0 Å². The number of anilines is 2. The van der Waals surface area contributed by atoms with Crippen LogP contribution in [0.2, 0.25) is 0 Å². The molecule has 1 amide bonds. The second-order valence-corrected chi connectivity index (χ2v) is 4.96. The normalized spacial score (nSPS) is 10.4. The van der Waals surface area contributed by atoms with Gasteiger partial charge in [-0.25, -0.2) is 9.97 Å². The van der Waals surface area contributed by atoms with E-state index in [2.05, 4.69) is 25.7 Å². The summed E-state index contributed by atoms with van der Waals surface area (Å²) in [6.45, 7) is 4.52. The molecule has 2 N–H and O–H groups in total. The number of aryl methyl sites for hydroxylation is 3. The minimum absolute atomic E-state index is 0.0221. The van der Waals surface area contributed by atoms with Gasteiger partial charge in [-0.15, -0.1) is 0 Å². The van der Waals surface area contributed by atoms with Gasteiger partial charge in [-0.3, -0.25) is 9.48 Å². The van der Waals surface area contributed by atoms with E-state index in [4.69, 9.17) is 0 Å². The highest BCUT2D eigenvalue weighted by Gasteiger charge is 2.04. The van der Waals surface area contributed by atoms with Gasteiger partial charge in [-0.05, 0) is 26.3 Å². The molecule has 0 saturated carbocycles. The van der Waals surface area contributed by atoms with Crippen LogP contribution >= 0.6 is 0 Å². The fraction of sp³-hybridized carbons (Fsp3) is 0.429. The first-order chi connectivity index (χ1) is 10.0. The summed E-state index contributed by atoms with van der Waals surface area (Å²) in [4.78, 5) is 20.3. The summed E-state index contributed by atoms with van der Waals surface area (Å²) in [6, 6.07) is 1.92. The molecule has 0 aliphatic carbocycles. The van der Waals surface area contributed by atoms with E-state index in [1.54, 1.807) is 17.1 Å². The Labute approximate surface area is 123 Å². The van der Waals surface area contributed by atoms with Gasteiger partial charge in [0.05, 0.1) is 11.9 Å². The first kappa shape index (κ1) is 15.0. The summed E-state index contributed by atoms with van der Waals surface area (Å²) in [5, 5.41) is 9.92. The maximum absolute atomic E-state index is 11.7. The Kier molecular flexibility index (Phi) is 4.86. The molecule has 0 fully saturated rings. The summed E-state index contributed by atoms with van der Waals surface area (Å²) < 4.78 is 1.65. The van der Waals surface area contributed by atoms with Crippen LogP contribution in [0, 0.1) is 13.8 Å². The summed E-state index contributed by atoms with van der Waals surface area (Å²) in [5.41, 5.74) is 2.58. The standard InChI is InChI=1S/C14H20N6O/c1-10-7-11(2)18-14(17-10)15-6-4-5-13(21)19-12-8-16-20(3)9-12/h7-9H,4-6H2,1-3H3,(H,19,21)(H,15,17,18). The largest absolute Gasteiger partial charge is 0.354 e. The van der Waals surface area contributed by atoms with Crippen molar-refractivity contribution in [1.82, 2.24) is 19.7 Å². The quantitative estimate of drug-likeness (QED) is 0.790. The van der Waals surface area contributed by atoms with Crippen LogP contribution in [-0.2, 0) is 11.8 Å². The Bertz CT molecular complexity index is 601.